The summed E-state index contributed by atoms with van der Waals surface area (Å²) in [5.41, 5.74) is 3.53. The molecular weight excluding hydrogens is 261 g/mol. The van der Waals surface area contributed by atoms with Crippen molar-refractivity contribution in [2.45, 2.75) is 13.3 Å². The second-order valence-electron chi connectivity index (χ2n) is 4.04. The van der Waals surface area contributed by atoms with Crippen molar-refractivity contribution >= 4 is 17.4 Å². The van der Waals surface area contributed by atoms with E-state index in [0.717, 1.165) is 6.20 Å². The number of nitrogens with one attached hydrogen (secondary N) is 2. The van der Waals surface area contributed by atoms with Crippen molar-refractivity contribution in [3.63, 3.8) is 0 Å². The van der Waals surface area contributed by atoms with Gasteiger partial charge in [-0.3, -0.25) is 9.78 Å². The van der Waals surface area contributed by atoms with E-state index < -0.39 is 11.7 Å². The predicted octanol–water partition coefficient (Wildman–Crippen LogP) is 1.72. The van der Waals surface area contributed by atoms with Crippen LogP contribution in [0.25, 0.3) is 0 Å². The molecule has 0 aromatic carbocycles. The first-order valence-corrected chi connectivity index (χ1v) is 6.02. The normalized spacial score (nSPS) is 10.2. The predicted molar refractivity (Wildman–Crippen MR) is 73.6 cm³/mol. The second-order valence-corrected chi connectivity index (χ2v) is 4.04. The molecule has 7 heteroatoms. The summed E-state index contributed by atoms with van der Waals surface area (Å²) < 4.78 is 13.4. The van der Waals surface area contributed by atoms with E-state index in [1.807, 2.05) is 6.92 Å². The largest absolute Gasteiger partial charge is 0.319 e. The third kappa shape index (κ3) is 3.07. The van der Waals surface area contributed by atoms with E-state index in [0.29, 0.717) is 23.5 Å². The van der Waals surface area contributed by atoms with E-state index in [9.17, 15) is 9.18 Å². The van der Waals surface area contributed by atoms with Gasteiger partial charge in [-0.1, -0.05) is 6.92 Å². The van der Waals surface area contributed by atoms with Gasteiger partial charge >= 0.3 is 0 Å². The zero-order chi connectivity index (χ0) is 14.5. The first-order valence-electron chi connectivity index (χ1n) is 6.02. The van der Waals surface area contributed by atoms with Gasteiger partial charge in [-0.25, -0.2) is 15.2 Å². The first kappa shape index (κ1) is 13.9. The second kappa shape index (κ2) is 6.07. The summed E-state index contributed by atoms with van der Waals surface area (Å²) in [5.74, 6) is 4.65. The maximum Gasteiger partial charge on any atom is 0.255 e. The highest BCUT2D eigenvalue weighted by Gasteiger charge is 2.11. The maximum absolute atomic E-state index is 13.4. The zero-order valence-electron chi connectivity index (χ0n) is 10.9. The molecule has 0 aliphatic heterocycles. The van der Waals surface area contributed by atoms with Gasteiger partial charge in [0.05, 0.1) is 11.9 Å². The number of pyridine rings is 2. The van der Waals surface area contributed by atoms with Crippen LogP contribution in [-0.4, -0.2) is 15.9 Å². The lowest BCUT2D eigenvalue weighted by atomic mass is 10.1. The molecule has 0 radical (unpaired) electrons. The quantitative estimate of drug-likeness (QED) is 0.583. The number of aromatic nitrogens is 2. The standard InChI is InChI=1S/C13H14FN5O/c1-2-9-5-8(6-12(17-9)19-15)13(20)18-11-3-4-16-7-10(11)14/h3-7H,2,15H2,1H3,(H,17,19)(H,16,18,20). The number of amides is 1. The Kier molecular flexibility index (Phi) is 4.21. The lowest BCUT2D eigenvalue weighted by Gasteiger charge is -2.09. The van der Waals surface area contributed by atoms with Crippen LogP contribution in [0.4, 0.5) is 15.9 Å². The van der Waals surface area contributed by atoms with Gasteiger partial charge in [0.2, 0.25) is 0 Å². The highest BCUT2D eigenvalue weighted by Crippen LogP contribution is 2.15. The van der Waals surface area contributed by atoms with Crippen molar-refractivity contribution in [3.05, 3.63) is 47.7 Å². The Morgan fingerprint density at radius 2 is 2.25 bits per heavy atom. The monoisotopic (exact) mass is 275 g/mol. The molecule has 0 unspecified atom stereocenters. The minimum atomic E-state index is -0.595. The molecule has 0 fully saturated rings. The number of aryl methyl sites for hydroxylation is 1. The fourth-order valence-electron chi connectivity index (χ4n) is 1.64. The number of nitrogens with two attached hydrogens (primary N) is 1. The number of halogens is 1. The molecular formula is C13H14FN5O. The number of nitrogen functional groups attached to an aromatic ring is 1. The third-order valence-electron chi connectivity index (χ3n) is 2.67. The molecule has 2 rings (SSSR count). The van der Waals surface area contributed by atoms with Gasteiger partial charge in [-0.2, -0.15) is 0 Å². The van der Waals surface area contributed by atoms with Gasteiger partial charge in [0.25, 0.3) is 5.91 Å². The lowest BCUT2D eigenvalue weighted by molar-refractivity contribution is 0.102. The van der Waals surface area contributed by atoms with Gasteiger partial charge in [0.1, 0.15) is 5.82 Å². The van der Waals surface area contributed by atoms with Gasteiger partial charge in [-0.15, -0.1) is 0 Å². The van der Waals surface area contributed by atoms with E-state index in [1.54, 1.807) is 6.07 Å². The fraction of sp³-hybridized carbons (Fsp3) is 0.154. The van der Waals surface area contributed by atoms with Gasteiger partial charge in [0.15, 0.2) is 5.82 Å². The van der Waals surface area contributed by atoms with Crippen LogP contribution in [0.15, 0.2) is 30.6 Å². The Morgan fingerprint density at radius 1 is 1.45 bits per heavy atom. The summed E-state index contributed by atoms with van der Waals surface area (Å²) in [5, 5.41) is 2.48. The number of hydrogen-bond acceptors (Lipinski definition) is 5. The number of anilines is 2. The van der Waals surface area contributed by atoms with Gasteiger partial charge in [-0.05, 0) is 24.6 Å². The Balaban J connectivity index is 2.27. The van der Waals surface area contributed by atoms with Crippen LogP contribution in [0.1, 0.15) is 23.0 Å². The van der Waals surface area contributed by atoms with Crippen LogP contribution < -0.4 is 16.6 Å². The number of nitrogens with zero attached hydrogens (tertiary/aromatic N) is 2. The molecule has 0 saturated heterocycles. The van der Waals surface area contributed by atoms with Crippen molar-refractivity contribution in [2.75, 3.05) is 10.7 Å². The molecule has 2 aromatic heterocycles. The van der Waals surface area contributed by atoms with Gasteiger partial charge in [0, 0.05) is 17.5 Å². The summed E-state index contributed by atoms with van der Waals surface area (Å²) in [6.07, 6.45) is 3.08. The first-order chi connectivity index (χ1) is 9.63. The topological polar surface area (TPSA) is 92.9 Å². The number of carbonyl (C=O) groups is 1. The van der Waals surface area contributed by atoms with E-state index in [1.165, 1.54) is 18.3 Å². The summed E-state index contributed by atoms with van der Waals surface area (Å²) in [7, 11) is 0. The molecule has 0 saturated carbocycles. The number of hydrazine groups is 1. The van der Waals surface area contributed by atoms with E-state index in [4.69, 9.17) is 5.84 Å². The molecule has 1 amide bonds. The van der Waals surface area contributed by atoms with E-state index >= 15 is 0 Å². The number of carbonyl (C=O) groups excluding carboxylic acids is 1. The summed E-state index contributed by atoms with van der Waals surface area (Å²) in [6.45, 7) is 1.91. The Morgan fingerprint density at radius 3 is 2.90 bits per heavy atom. The molecule has 0 atom stereocenters. The maximum atomic E-state index is 13.4. The third-order valence-corrected chi connectivity index (χ3v) is 2.67. The molecule has 0 spiro atoms. The molecule has 20 heavy (non-hydrogen) atoms. The summed E-state index contributed by atoms with van der Waals surface area (Å²) in [6, 6.07) is 4.51. The number of hydrogen-bond donors (Lipinski definition) is 3. The Bertz CT molecular complexity index is 610. The van der Waals surface area contributed by atoms with Crippen molar-refractivity contribution in [2.24, 2.45) is 5.84 Å². The molecule has 4 N–H and O–H groups in total. The van der Waals surface area contributed by atoms with Crippen LogP contribution in [0.5, 0.6) is 0 Å². The fourth-order valence-corrected chi connectivity index (χ4v) is 1.64. The van der Waals surface area contributed by atoms with Crippen LogP contribution in [0, 0.1) is 5.82 Å². The average Bonchev–Trinajstić information content (AvgIpc) is 2.48. The van der Waals surface area contributed by atoms with Crippen LogP contribution in [0.2, 0.25) is 0 Å². The Labute approximate surface area is 115 Å². The number of rotatable bonds is 4. The Hall–Kier alpha value is -2.54. The molecule has 0 bridgehead atoms. The smallest absolute Gasteiger partial charge is 0.255 e. The SMILES string of the molecule is CCc1cc(C(=O)Nc2ccncc2F)cc(NN)n1. The molecule has 2 heterocycles. The highest BCUT2D eigenvalue weighted by atomic mass is 19.1. The van der Waals surface area contributed by atoms with Crippen LogP contribution in [-0.2, 0) is 6.42 Å². The van der Waals surface area contributed by atoms with Crippen LogP contribution >= 0.6 is 0 Å². The van der Waals surface area contributed by atoms with Crippen molar-refractivity contribution < 1.29 is 9.18 Å². The van der Waals surface area contributed by atoms with Crippen molar-refractivity contribution in [3.8, 4) is 0 Å². The van der Waals surface area contributed by atoms with Crippen LogP contribution in [0.3, 0.4) is 0 Å². The van der Waals surface area contributed by atoms with Gasteiger partial charge < -0.3 is 10.7 Å². The van der Waals surface area contributed by atoms with E-state index in [2.05, 4.69) is 20.7 Å². The summed E-state index contributed by atoms with van der Waals surface area (Å²) in [4.78, 5) is 19.9. The molecule has 2 aromatic rings. The lowest BCUT2D eigenvalue weighted by Crippen LogP contribution is -2.16. The minimum Gasteiger partial charge on any atom is -0.319 e. The summed E-state index contributed by atoms with van der Waals surface area (Å²) >= 11 is 0. The molecule has 104 valence electrons. The zero-order valence-corrected chi connectivity index (χ0v) is 10.9. The molecule has 0 aliphatic carbocycles. The molecule has 6 nitrogen and oxygen atoms in total. The van der Waals surface area contributed by atoms with Crippen molar-refractivity contribution in [1.29, 1.82) is 0 Å². The highest BCUT2D eigenvalue weighted by molar-refractivity contribution is 6.04. The van der Waals surface area contributed by atoms with Crippen molar-refractivity contribution in [1.82, 2.24) is 9.97 Å². The van der Waals surface area contributed by atoms with E-state index in [-0.39, 0.29) is 5.69 Å². The average molecular weight is 275 g/mol. The molecule has 0 aliphatic rings. The minimum absolute atomic E-state index is 0.0714.